The number of halogens is 1. The first-order chi connectivity index (χ1) is 8.85. The third-order valence-corrected chi connectivity index (χ3v) is 3.11. The molecule has 0 unspecified atom stereocenters. The van der Waals surface area contributed by atoms with Crippen molar-refractivity contribution in [3.8, 4) is 5.82 Å². The zero-order valence-corrected chi connectivity index (χ0v) is 13.3. The smallest absolute Gasteiger partial charge is 0.156 e. The summed E-state index contributed by atoms with van der Waals surface area (Å²) in [4.78, 5) is 4.50. The summed E-state index contributed by atoms with van der Waals surface area (Å²) < 4.78 is 2.73. The molecule has 1 N–H and O–H groups in total. The Labute approximate surface area is 122 Å². The van der Waals surface area contributed by atoms with Crippen molar-refractivity contribution in [2.24, 2.45) is 0 Å². The van der Waals surface area contributed by atoms with Crippen LogP contribution >= 0.6 is 15.9 Å². The van der Waals surface area contributed by atoms with Crippen LogP contribution in [0.25, 0.3) is 5.82 Å². The molecular formula is C14H19BrN4. The molecule has 0 atom stereocenters. The number of pyridine rings is 1. The van der Waals surface area contributed by atoms with E-state index in [1.54, 1.807) is 10.9 Å². The molecule has 2 heterocycles. The fourth-order valence-corrected chi connectivity index (χ4v) is 2.03. The Morgan fingerprint density at radius 1 is 1.32 bits per heavy atom. The molecular weight excluding hydrogens is 304 g/mol. The van der Waals surface area contributed by atoms with Crippen LogP contribution < -0.4 is 5.32 Å². The summed E-state index contributed by atoms with van der Waals surface area (Å²) in [6.07, 6.45) is 5.56. The van der Waals surface area contributed by atoms with Crippen LogP contribution in [-0.2, 0) is 6.54 Å². The molecule has 0 fully saturated rings. The predicted octanol–water partition coefficient (Wildman–Crippen LogP) is 3.23. The topological polar surface area (TPSA) is 42.7 Å². The van der Waals surface area contributed by atoms with Gasteiger partial charge in [-0.05, 0) is 60.8 Å². The van der Waals surface area contributed by atoms with Crippen LogP contribution in [0.15, 0.2) is 29.1 Å². The summed E-state index contributed by atoms with van der Waals surface area (Å²) in [6, 6.07) is 2.15. The minimum Gasteiger partial charge on any atom is -0.308 e. The van der Waals surface area contributed by atoms with E-state index >= 15 is 0 Å². The zero-order valence-electron chi connectivity index (χ0n) is 11.7. The minimum atomic E-state index is 0.111. The van der Waals surface area contributed by atoms with E-state index < -0.39 is 0 Å². The van der Waals surface area contributed by atoms with E-state index in [0.29, 0.717) is 0 Å². The highest BCUT2D eigenvalue weighted by molar-refractivity contribution is 9.10. The molecule has 0 spiro atoms. The predicted molar refractivity (Wildman–Crippen MR) is 80.4 cm³/mol. The second-order valence-corrected chi connectivity index (χ2v) is 6.61. The van der Waals surface area contributed by atoms with Gasteiger partial charge in [0.05, 0.1) is 10.7 Å². The molecule has 0 aliphatic carbocycles. The fraction of sp³-hybridized carbons (Fsp3) is 0.429. The number of nitrogens with zero attached hydrogens (tertiary/aromatic N) is 3. The molecule has 0 aliphatic rings. The lowest BCUT2D eigenvalue weighted by Crippen LogP contribution is -2.35. The first-order valence-electron chi connectivity index (χ1n) is 6.26. The molecule has 4 nitrogen and oxygen atoms in total. The summed E-state index contributed by atoms with van der Waals surface area (Å²) in [6.45, 7) is 9.34. The number of hydrogen-bond donors (Lipinski definition) is 1. The van der Waals surface area contributed by atoms with Crippen LogP contribution in [0.3, 0.4) is 0 Å². The van der Waals surface area contributed by atoms with Gasteiger partial charge in [-0.25, -0.2) is 9.67 Å². The van der Waals surface area contributed by atoms with Gasteiger partial charge in [0.2, 0.25) is 0 Å². The first-order valence-corrected chi connectivity index (χ1v) is 7.05. The average Bonchev–Trinajstić information content (AvgIpc) is 2.72. The SMILES string of the molecule is Cc1cc(CNC(C)(C)C)cnc1-n1cc(Br)cn1. The Hall–Kier alpha value is -1.20. The molecule has 0 saturated heterocycles. The van der Waals surface area contributed by atoms with Crippen molar-refractivity contribution in [2.75, 3.05) is 0 Å². The van der Waals surface area contributed by atoms with Gasteiger partial charge in [0.1, 0.15) is 0 Å². The van der Waals surface area contributed by atoms with Crippen molar-refractivity contribution in [3.63, 3.8) is 0 Å². The van der Waals surface area contributed by atoms with Gasteiger partial charge in [-0.2, -0.15) is 5.10 Å². The maximum atomic E-state index is 4.50. The molecule has 102 valence electrons. The lowest BCUT2D eigenvalue weighted by molar-refractivity contribution is 0.424. The van der Waals surface area contributed by atoms with Crippen molar-refractivity contribution in [3.05, 3.63) is 40.3 Å². The van der Waals surface area contributed by atoms with Gasteiger partial charge >= 0.3 is 0 Å². The van der Waals surface area contributed by atoms with Crippen molar-refractivity contribution >= 4 is 15.9 Å². The standard InChI is InChI=1S/C14H19BrN4/c1-10-5-11(7-17-14(2,3)4)6-16-13(10)19-9-12(15)8-18-19/h5-6,8-9,17H,7H2,1-4H3. The summed E-state index contributed by atoms with van der Waals surface area (Å²) >= 11 is 3.39. The van der Waals surface area contributed by atoms with E-state index in [1.807, 2.05) is 12.4 Å². The normalized spacial score (nSPS) is 11.8. The molecule has 0 saturated carbocycles. The van der Waals surface area contributed by atoms with Crippen LogP contribution in [-0.4, -0.2) is 20.3 Å². The highest BCUT2D eigenvalue weighted by Gasteiger charge is 2.10. The van der Waals surface area contributed by atoms with Gasteiger partial charge < -0.3 is 5.32 Å². The Morgan fingerprint density at radius 2 is 2.05 bits per heavy atom. The van der Waals surface area contributed by atoms with Crippen molar-refractivity contribution in [1.29, 1.82) is 0 Å². The first kappa shape index (κ1) is 14.2. The Bertz CT molecular complexity index is 569. The van der Waals surface area contributed by atoms with E-state index in [9.17, 15) is 0 Å². The maximum absolute atomic E-state index is 4.50. The Kier molecular flexibility index (Phi) is 4.06. The molecule has 0 radical (unpaired) electrons. The molecule has 2 aromatic heterocycles. The number of aryl methyl sites for hydroxylation is 1. The maximum Gasteiger partial charge on any atom is 0.156 e. The number of hydrogen-bond acceptors (Lipinski definition) is 3. The Morgan fingerprint density at radius 3 is 2.58 bits per heavy atom. The molecule has 5 heteroatoms. The van der Waals surface area contributed by atoms with Crippen molar-refractivity contribution in [1.82, 2.24) is 20.1 Å². The van der Waals surface area contributed by atoms with Gasteiger partial charge in [-0.15, -0.1) is 0 Å². The van der Waals surface area contributed by atoms with Crippen LogP contribution in [0.4, 0.5) is 0 Å². The lowest BCUT2D eigenvalue weighted by Gasteiger charge is -2.20. The second-order valence-electron chi connectivity index (χ2n) is 5.69. The van der Waals surface area contributed by atoms with Gasteiger partial charge in [0, 0.05) is 24.5 Å². The van der Waals surface area contributed by atoms with Crippen LogP contribution in [0.1, 0.15) is 31.9 Å². The monoisotopic (exact) mass is 322 g/mol. The average molecular weight is 323 g/mol. The molecule has 0 amide bonds. The highest BCUT2D eigenvalue weighted by atomic mass is 79.9. The minimum absolute atomic E-state index is 0.111. The summed E-state index contributed by atoms with van der Waals surface area (Å²) in [5.74, 6) is 0.866. The van der Waals surface area contributed by atoms with Crippen LogP contribution in [0.2, 0.25) is 0 Å². The molecule has 0 aliphatic heterocycles. The van der Waals surface area contributed by atoms with Crippen molar-refractivity contribution in [2.45, 2.75) is 39.8 Å². The summed E-state index contributed by atoms with van der Waals surface area (Å²) in [7, 11) is 0. The lowest BCUT2D eigenvalue weighted by atomic mass is 10.1. The second kappa shape index (κ2) is 5.43. The molecule has 0 aromatic carbocycles. The third-order valence-electron chi connectivity index (χ3n) is 2.70. The van der Waals surface area contributed by atoms with E-state index in [0.717, 1.165) is 22.4 Å². The van der Waals surface area contributed by atoms with Gasteiger partial charge in [0.25, 0.3) is 0 Å². The Balaban J connectivity index is 2.18. The van der Waals surface area contributed by atoms with Crippen molar-refractivity contribution < 1.29 is 0 Å². The van der Waals surface area contributed by atoms with E-state index in [1.165, 1.54) is 5.56 Å². The van der Waals surface area contributed by atoms with Crippen LogP contribution in [0.5, 0.6) is 0 Å². The molecule has 0 bridgehead atoms. The molecule has 19 heavy (non-hydrogen) atoms. The highest BCUT2D eigenvalue weighted by Crippen LogP contribution is 2.15. The van der Waals surface area contributed by atoms with Gasteiger partial charge in [-0.3, -0.25) is 0 Å². The third kappa shape index (κ3) is 3.88. The summed E-state index contributed by atoms with van der Waals surface area (Å²) in [5, 5.41) is 7.71. The van der Waals surface area contributed by atoms with Gasteiger partial charge in [-0.1, -0.05) is 0 Å². The summed E-state index contributed by atoms with van der Waals surface area (Å²) in [5.41, 5.74) is 2.41. The number of nitrogens with one attached hydrogen (secondary N) is 1. The number of rotatable bonds is 3. The molecule has 2 rings (SSSR count). The van der Waals surface area contributed by atoms with E-state index in [2.05, 4.69) is 65.1 Å². The van der Waals surface area contributed by atoms with Gasteiger partial charge in [0.15, 0.2) is 5.82 Å². The number of aromatic nitrogens is 3. The largest absolute Gasteiger partial charge is 0.308 e. The fourth-order valence-electron chi connectivity index (χ4n) is 1.75. The molecule has 2 aromatic rings. The van der Waals surface area contributed by atoms with E-state index in [4.69, 9.17) is 0 Å². The van der Waals surface area contributed by atoms with Crippen LogP contribution in [0, 0.1) is 6.92 Å². The zero-order chi connectivity index (χ0) is 14.0. The quantitative estimate of drug-likeness (QED) is 0.943. The van der Waals surface area contributed by atoms with E-state index in [-0.39, 0.29) is 5.54 Å².